The van der Waals surface area contributed by atoms with Crippen LogP contribution in [0.5, 0.6) is 0 Å². The second-order valence-electron chi connectivity index (χ2n) is 5.60. The zero-order chi connectivity index (χ0) is 19.2. The molecule has 0 aliphatic rings. The number of halogens is 1. The molecule has 0 saturated carbocycles. The minimum atomic E-state index is -0.462. The van der Waals surface area contributed by atoms with E-state index >= 15 is 0 Å². The van der Waals surface area contributed by atoms with Gasteiger partial charge in [-0.1, -0.05) is 23.7 Å². The number of carbonyl (C=O) groups is 1. The van der Waals surface area contributed by atoms with Crippen LogP contribution in [0.2, 0.25) is 5.02 Å². The van der Waals surface area contributed by atoms with Gasteiger partial charge in [0.15, 0.2) is 0 Å². The first kappa shape index (κ1) is 18.3. The molecule has 7 nitrogen and oxygen atoms in total. The Morgan fingerprint density at radius 3 is 2.48 bits per heavy atom. The van der Waals surface area contributed by atoms with Gasteiger partial charge >= 0.3 is 0 Å². The Labute approximate surface area is 159 Å². The Bertz CT molecular complexity index is 979. The highest BCUT2D eigenvalue weighted by Gasteiger charge is 2.08. The zero-order valence-corrected chi connectivity index (χ0v) is 14.7. The SMILES string of the molecule is O=C(Cc1ccc(Cl)cc1)N/N=C\c1ccc(-c2ccc([N+](=O)[O-])cc2)o1. The van der Waals surface area contributed by atoms with Gasteiger partial charge in [0.2, 0.25) is 5.91 Å². The first-order valence-electron chi connectivity index (χ1n) is 7.92. The summed E-state index contributed by atoms with van der Waals surface area (Å²) in [6, 6.07) is 16.4. The summed E-state index contributed by atoms with van der Waals surface area (Å²) in [7, 11) is 0. The number of nitrogens with one attached hydrogen (secondary N) is 1. The fourth-order valence-corrected chi connectivity index (χ4v) is 2.45. The van der Waals surface area contributed by atoms with E-state index in [9.17, 15) is 14.9 Å². The average molecular weight is 384 g/mol. The van der Waals surface area contributed by atoms with Crippen molar-refractivity contribution in [3.05, 3.63) is 87.1 Å². The molecule has 0 aliphatic carbocycles. The third-order valence-electron chi connectivity index (χ3n) is 3.65. The number of furan rings is 1. The van der Waals surface area contributed by atoms with Gasteiger partial charge in [-0.25, -0.2) is 5.43 Å². The van der Waals surface area contributed by atoms with Crippen LogP contribution in [0.25, 0.3) is 11.3 Å². The van der Waals surface area contributed by atoms with Crippen LogP contribution in [0.15, 0.2) is 70.2 Å². The summed E-state index contributed by atoms with van der Waals surface area (Å²) in [5.41, 5.74) is 3.96. The summed E-state index contributed by atoms with van der Waals surface area (Å²) in [6.45, 7) is 0. The molecule has 0 aliphatic heterocycles. The standard InChI is InChI=1S/C19H14ClN3O4/c20-15-5-1-13(2-6-15)11-19(24)22-21-12-17-9-10-18(27-17)14-3-7-16(8-4-14)23(25)26/h1-10,12H,11H2,(H,22,24)/b21-12-. The van der Waals surface area contributed by atoms with E-state index in [0.29, 0.717) is 22.1 Å². The van der Waals surface area contributed by atoms with E-state index in [1.165, 1.54) is 18.3 Å². The number of nitrogens with zero attached hydrogens (tertiary/aromatic N) is 2. The van der Waals surface area contributed by atoms with E-state index in [0.717, 1.165) is 5.56 Å². The van der Waals surface area contributed by atoms with E-state index in [2.05, 4.69) is 10.5 Å². The normalized spacial score (nSPS) is 10.9. The molecule has 0 atom stereocenters. The second kappa shape index (κ2) is 8.29. The molecule has 3 rings (SSSR count). The average Bonchev–Trinajstić information content (AvgIpc) is 3.12. The highest BCUT2D eigenvalue weighted by Crippen LogP contribution is 2.24. The number of nitro groups is 1. The minimum Gasteiger partial charge on any atom is -0.455 e. The predicted molar refractivity (Wildman–Crippen MR) is 102 cm³/mol. The lowest BCUT2D eigenvalue weighted by Crippen LogP contribution is -2.19. The second-order valence-corrected chi connectivity index (χ2v) is 6.04. The number of hydrogen-bond donors (Lipinski definition) is 1. The van der Waals surface area contributed by atoms with Crippen molar-refractivity contribution < 1.29 is 14.1 Å². The molecule has 1 aromatic heterocycles. The van der Waals surface area contributed by atoms with Gasteiger partial charge in [0.25, 0.3) is 5.69 Å². The molecule has 0 fully saturated rings. The van der Waals surface area contributed by atoms with Crippen LogP contribution in [-0.2, 0) is 11.2 Å². The fraction of sp³-hybridized carbons (Fsp3) is 0.0526. The number of benzene rings is 2. The van der Waals surface area contributed by atoms with Crippen molar-refractivity contribution >= 4 is 29.4 Å². The van der Waals surface area contributed by atoms with Crippen molar-refractivity contribution in [3.8, 4) is 11.3 Å². The third kappa shape index (κ3) is 5.02. The smallest absolute Gasteiger partial charge is 0.269 e. The molecule has 0 radical (unpaired) electrons. The lowest BCUT2D eigenvalue weighted by Gasteiger charge is -2.00. The van der Waals surface area contributed by atoms with Crippen molar-refractivity contribution in [2.45, 2.75) is 6.42 Å². The van der Waals surface area contributed by atoms with Crippen LogP contribution >= 0.6 is 11.6 Å². The molecular weight excluding hydrogens is 370 g/mol. The number of hydrazone groups is 1. The highest BCUT2D eigenvalue weighted by atomic mass is 35.5. The molecule has 8 heteroatoms. The van der Waals surface area contributed by atoms with Crippen LogP contribution in [-0.4, -0.2) is 17.0 Å². The van der Waals surface area contributed by atoms with Gasteiger partial charge in [0.1, 0.15) is 11.5 Å². The Kier molecular flexibility index (Phi) is 5.63. The van der Waals surface area contributed by atoms with Gasteiger partial charge in [-0.15, -0.1) is 0 Å². The number of amides is 1. The van der Waals surface area contributed by atoms with E-state index in [-0.39, 0.29) is 18.0 Å². The van der Waals surface area contributed by atoms with Gasteiger partial charge in [-0.2, -0.15) is 5.10 Å². The number of rotatable bonds is 6. The van der Waals surface area contributed by atoms with E-state index < -0.39 is 4.92 Å². The third-order valence-corrected chi connectivity index (χ3v) is 3.90. The van der Waals surface area contributed by atoms with Crippen LogP contribution in [0.4, 0.5) is 5.69 Å². The molecule has 2 aromatic carbocycles. The van der Waals surface area contributed by atoms with Crippen molar-refractivity contribution in [1.82, 2.24) is 5.43 Å². The maximum absolute atomic E-state index is 11.9. The monoisotopic (exact) mass is 383 g/mol. The van der Waals surface area contributed by atoms with Gasteiger partial charge in [0.05, 0.1) is 17.6 Å². The van der Waals surface area contributed by atoms with E-state index in [1.807, 2.05) is 0 Å². The number of nitro benzene ring substituents is 1. The van der Waals surface area contributed by atoms with Crippen LogP contribution in [0, 0.1) is 10.1 Å². The quantitative estimate of drug-likeness (QED) is 0.391. The van der Waals surface area contributed by atoms with Crippen LogP contribution < -0.4 is 5.43 Å². The van der Waals surface area contributed by atoms with Gasteiger partial charge < -0.3 is 4.42 Å². The molecule has 136 valence electrons. The molecule has 0 spiro atoms. The summed E-state index contributed by atoms with van der Waals surface area (Å²) in [5.74, 6) is 0.713. The minimum absolute atomic E-state index is 0.00971. The van der Waals surface area contributed by atoms with Crippen LogP contribution in [0.3, 0.4) is 0 Å². The molecule has 1 N–H and O–H groups in total. The first-order valence-corrected chi connectivity index (χ1v) is 8.30. The maximum Gasteiger partial charge on any atom is 0.269 e. The molecule has 3 aromatic rings. The summed E-state index contributed by atoms with van der Waals surface area (Å²) >= 11 is 5.80. The van der Waals surface area contributed by atoms with Gasteiger partial charge in [0, 0.05) is 22.7 Å². The summed E-state index contributed by atoms with van der Waals surface area (Å²) in [4.78, 5) is 22.1. The number of carbonyl (C=O) groups excluding carboxylic acids is 1. The highest BCUT2D eigenvalue weighted by molar-refractivity contribution is 6.30. The molecule has 27 heavy (non-hydrogen) atoms. The Morgan fingerprint density at radius 1 is 1.11 bits per heavy atom. The molecule has 1 heterocycles. The maximum atomic E-state index is 11.9. The van der Waals surface area contributed by atoms with Gasteiger partial charge in [-0.05, 0) is 42.0 Å². The molecule has 0 saturated heterocycles. The lowest BCUT2D eigenvalue weighted by molar-refractivity contribution is -0.384. The molecule has 1 amide bonds. The Hall–Kier alpha value is -3.45. The summed E-state index contributed by atoms with van der Waals surface area (Å²) < 4.78 is 5.60. The molecular formula is C19H14ClN3O4. The number of hydrogen-bond acceptors (Lipinski definition) is 5. The molecule has 0 bridgehead atoms. The van der Waals surface area contributed by atoms with Crippen molar-refractivity contribution in [1.29, 1.82) is 0 Å². The van der Waals surface area contributed by atoms with Gasteiger partial charge in [-0.3, -0.25) is 14.9 Å². The topological polar surface area (TPSA) is 97.7 Å². The lowest BCUT2D eigenvalue weighted by atomic mass is 10.1. The van der Waals surface area contributed by atoms with E-state index in [4.69, 9.17) is 16.0 Å². The van der Waals surface area contributed by atoms with Crippen molar-refractivity contribution in [3.63, 3.8) is 0 Å². The summed E-state index contributed by atoms with van der Waals surface area (Å²) in [5, 5.41) is 15.2. The predicted octanol–water partition coefficient (Wildman–Crippen LogP) is 4.20. The number of non-ortho nitro benzene ring substituents is 1. The van der Waals surface area contributed by atoms with Crippen molar-refractivity contribution in [2.24, 2.45) is 5.10 Å². The largest absolute Gasteiger partial charge is 0.455 e. The van der Waals surface area contributed by atoms with E-state index in [1.54, 1.807) is 48.5 Å². The summed E-state index contributed by atoms with van der Waals surface area (Å²) in [6.07, 6.45) is 1.56. The zero-order valence-electron chi connectivity index (χ0n) is 14.0. The van der Waals surface area contributed by atoms with Crippen LogP contribution in [0.1, 0.15) is 11.3 Å². The first-order chi connectivity index (χ1) is 13.0. The van der Waals surface area contributed by atoms with Crippen molar-refractivity contribution in [2.75, 3.05) is 0 Å². The Morgan fingerprint density at radius 2 is 1.81 bits per heavy atom. The Balaban J connectivity index is 1.57. The fourth-order valence-electron chi connectivity index (χ4n) is 2.32. The molecule has 0 unspecified atom stereocenters.